The van der Waals surface area contributed by atoms with Crippen LogP contribution in [0.1, 0.15) is 5.01 Å². The molecular weight excluding hydrogens is 298 g/mol. The van der Waals surface area contributed by atoms with E-state index < -0.39 is 5.97 Å². The Morgan fingerprint density at radius 1 is 1.47 bits per heavy atom. The molecule has 0 aliphatic heterocycles. The molecule has 0 spiro atoms. The number of thiophene rings is 1. The highest BCUT2D eigenvalue weighted by atomic mass is 79.9. The Balaban J connectivity index is 2.23. The van der Waals surface area contributed by atoms with E-state index >= 15 is 0 Å². The van der Waals surface area contributed by atoms with Gasteiger partial charge in [-0.1, -0.05) is 0 Å². The Labute approximate surface area is 103 Å². The van der Waals surface area contributed by atoms with Gasteiger partial charge < -0.3 is 5.11 Å². The summed E-state index contributed by atoms with van der Waals surface area (Å²) in [5.41, 5.74) is 0.854. The molecule has 2 rings (SSSR count). The fourth-order valence-corrected chi connectivity index (χ4v) is 3.33. The SMILES string of the molecule is O=C(O)Cc1nc(-c2cc(Br)cs2)cs1. The number of carboxylic acids is 1. The third-order valence-corrected chi connectivity index (χ3v) is 4.24. The number of rotatable bonds is 3. The quantitative estimate of drug-likeness (QED) is 0.947. The highest BCUT2D eigenvalue weighted by Gasteiger charge is 2.09. The average Bonchev–Trinajstić information content (AvgIpc) is 2.72. The maximum Gasteiger partial charge on any atom is 0.310 e. The van der Waals surface area contributed by atoms with Gasteiger partial charge in [0.15, 0.2) is 0 Å². The van der Waals surface area contributed by atoms with E-state index in [9.17, 15) is 4.79 Å². The summed E-state index contributed by atoms with van der Waals surface area (Å²) >= 11 is 6.33. The molecule has 15 heavy (non-hydrogen) atoms. The van der Waals surface area contributed by atoms with Gasteiger partial charge in [-0.15, -0.1) is 22.7 Å². The van der Waals surface area contributed by atoms with Crippen molar-refractivity contribution < 1.29 is 9.90 Å². The van der Waals surface area contributed by atoms with Gasteiger partial charge in [-0.05, 0) is 22.0 Å². The van der Waals surface area contributed by atoms with Crippen LogP contribution < -0.4 is 0 Å². The van der Waals surface area contributed by atoms with Crippen LogP contribution in [0, 0.1) is 0 Å². The molecule has 0 radical (unpaired) electrons. The third kappa shape index (κ3) is 2.64. The summed E-state index contributed by atoms with van der Waals surface area (Å²) in [4.78, 5) is 15.8. The average molecular weight is 304 g/mol. The zero-order valence-corrected chi connectivity index (χ0v) is 10.7. The van der Waals surface area contributed by atoms with E-state index in [0.717, 1.165) is 15.0 Å². The Morgan fingerprint density at radius 3 is 2.87 bits per heavy atom. The summed E-state index contributed by atoms with van der Waals surface area (Å²) in [6.07, 6.45) is -0.00277. The number of carboxylic acid groups (broad SMARTS) is 1. The van der Waals surface area contributed by atoms with Gasteiger partial charge in [0.1, 0.15) is 5.01 Å². The van der Waals surface area contributed by atoms with E-state index in [1.54, 1.807) is 11.3 Å². The van der Waals surface area contributed by atoms with Crippen LogP contribution in [0.4, 0.5) is 0 Å². The van der Waals surface area contributed by atoms with Crippen molar-refractivity contribution in [3.8, 4) is 10.6 Å². The Kier molecular flexibility index (Phi) is 3.18. The number of thiazole rings is 1. The Hall–Kier alpha value is -0.720. The summed E-state index contributed by atoms with van der Waals surface area (Å²) in [5.74, 6) is -0.844. The monoisotopic (exact) mass is 303 g/mol. The van der Waals surface area contributed by atoms with E-state index in [4.69, 9.17) is 5.11 Å². The Bertz CT molecular complexity index is 492. The minimum absolute atomic E-state index is 0.00277. The van der Waals surface area contributed by atoms with Crippen LogP contribution in [0.3, 0.4) is 0 Å². The topological polar surface area (TPSA) is 50.2 Å². The molecule has 3 nitrogen and oxygen atoms in total. The second-order valence-corrected chi connectivity index (χ2v) is 5.60. The highest BCUT2D eigenvalue weighted by Crippen LogP contribution is 2.30. The number of hydrogen-bond donors (Lipinski definition) is 1. The standard InChI is InChI=1S/C9H6BrNO2S2/c10-5-1-7(14-3-5)6-4-15-8(11-6)2-9(12)13/h1,3-4H,2H2,(H,12,13). The van der Waals surface area contributed by atoms with E-state index in [-0.39, 0.29) is 6.42 Å². The van der Waals surface area contributed by atoms with Gasteiger partial charge in [0.2, 0.25) is 0 Å². The summed E-state index contributed by atoms with van der Waals surface area (Å²) in [6, 6.07) is 1.98. The molecular formula is C9H6BrNO2S2. The summed E-state index contributed by atoms with van der Waals surface area (Å²) in [6.45, 7) is 0. The molecule has 0 aromatic carbocycles. The van der Waals surface area contributed by atoms with Crippen molar-refractivity contribution in [3.05, 3.63) is 26.3 Å². The normalized spacial score (nSPS) is 10.5. The molecule has 0 amide bonds. The van der Waals surface area contributed by atoms with Crippen molar-refractivity contribution in [3.63, 3.8) is 0 Å². The molecule has 6 heteroatoms. The first-order valence-electron chi connectivity index (χ1n) is 4.06. The summed E-state index contributed by atoms with van der Waals surface area (Å²) < 4.78 is 1.02. The van der Waals surface area contributed by atoms with Crippen molar-refractivity contribution in [2.75, 3.05) is 0 Å². The van der Waals surface area contributed by atoms with Gasteiger partial charge in [0, 0.05) is 15.2 Å². The molecule has 0 saturated carbocycles. The van der Waals surface area contributed by atoms with Crippen molar-refractivity contribution in [1.82, 2.24) is 4.98 Å². The number of nitrogens with zero attached hydrogens (tertiary/aromatic N) is 1. The number of aromatic nitrogens is 1. The third-order valence-electron chi connectivity index (χ3n) is 1.67. The number of carbonyl (C=O) groups is 1. The zero-order valence-electron chi connectivity index (χ0n) is 7.44. The maximum atomic E-state index is 10.5. The fourth-order valence-electron chi connectivity index (χ4n) is 1.08. The Morgan fingerprint density at radius 2 is 2.27 bits per heavy atom. The number of halogens is 1. The van der Waals surface area contributed by atoms with Gasteiger partial charge >= 0.3 is 5.97 Å². The summed E-state index contributed by atoms with van der Waals surface area (Å²) in [7, 11) is 0. The summed E-state index contributed by atoms with van der Waals surface area (Å²) in [5, 5.41) is 13.1. The molecule has 0 bridgehead atoms. The van der Waals surface area contributed by atoms with Crippen molar-refractivity contribution in [2.24, 2.45) is 0 Å². The first-order chi connectivity index (χ1) is 7.15. The van der Waals surface area contributed by atoms with Crippen LogP contribution >= 0.6 is 38.6 Å². The molecule has 0 saturated heterocycles. The lowest BCUT2D eigenvalue weighted by Gasteiger charge is -1.88. The molecule has 2 aromatic heterocycles. The van der Waals surface area contributed by atoms with Crippen LogP contribution in [0.25, 0.3) is 10.6 Å². The van der Waals surface area contributed by atoms with Crippen molar-refractivity contribution >= 4 is 44.6 Å². The van der Waals surface area contributed by atoms with E-state index in [1.807, 2.05) is 16.8 Å². The molecule has 0 aliphatic rings. The van der Waals surface area contributed by atoms with E-state index in [1.165, 1.54) is 11.3 Å². The molecule has 0 aliphatic carbocycles. The first-order valence-corrected chi connectivity index (χ1v) is 6.61. The predicted octanol–water partition coefficient (Wildman–Crippen LogP) is 3.26. The predicted molar refractivity (Wildman–Crippen MR) is 64.5 cm³/mol. The lowest BCUT2D eigenvalue weighted by molar-refractivity contribution is -0.136. The molecule has 2 aromatic rings. The highest BCUT2D eigenvalue weighted by molar-refractivity contribution is 9.10. The van der Waals surface area contributed by atoms with Crippen LogP contribution in [-0.2, 0) is 11.2 Å². The molecule has 0 fully saturated rings. The largest absolute Gasteiger partial charge is 0.481 e. The molecule has 1 N–H and O–H groups in total. The van der Waals surface area contributed by atoms with Crippen LogP contribution in [0.2, 0.25) is 0 Å². The van der Waals surface area contributed by atoms with E-state index in [2.05, 4.69) is 20.9 Å². The van der Waals surface area contributed by atoms with Crippen LogP contribution in [-0.4, -0.2) is 16.1 Å². The van der Waals surface area contributed by atoms with Gasteiger partial charge in [-0.25, -0.2) is 4.98 Å². The van der Waals surface area contributed by atoms with Crippen LogP contribution in [0.15, 0.2) is 21.3 Å². The lowest BCUT2D eigenvalue weighted by atomic mass is 10.4. The van der Waals surface area contributed by atoms with Crippen molar-refractivity contribution in [2.45, 2.75) is 6.42 Å². The second kappa shape index (κ2) is 4.42. The van der Waals surface area contributed by atoms with Crippen LogP contribution in [0.5, 0.6) is 0 Å². The molecule has 78 valence electrons. The van der Waals surface area contributed by atoms with Gasteiger partial charge in [-0.3, -0.25) is 4.79 Å². The lowest BCUT2D eigenvalue weighted by Crippen LogP contribution is -1.98. The first kappa shape index (κ1) is 10.8. The van der Waals surface area contributed by atoms with Crippen molar-refractivity contribution in [1.29, 1.82) is 0 Å². The van der Waals surface area contributed by atoms with Gasteiger partial charge in [0.25, 0.3) is 0 Å². The minimum atomic E-state index is -0.844. The van der Waals surface area contributed by atoms with Gasteiger partial charge in [0.05, 0.1) is 17.0 Å². The second-order valence-electron chi connectivity index (χ2n) is 2.83. The van der Waals surface area contributed by atoms with E-state index in [0.29, 0.717) is 5.01 Å². The molecule has 2 heterocycles. The fraction of sp³-hybridized carbons (Fsp3) is 0.111. The number of aliphatic carboxylic acids is 1. The molecule has 0 atom stereocenters. The molecule has 0 unspecified atom stereocenters. The zero-order chi connectivity index (χ0) is 10.8. The maximum absolute atomic E-state index is 10.5. The number of hydrogen-bond acceptors (Lipinski definition) is 4. The smallest absolute Gasteiger partial charge is 0.310 e. The van der Waals surface area contributed by atoms with Gasteiger partial charge in [-0.2, -0.15) is 0 Å². The minimum Gasteiger partial charge on any atom is -0.481 e.